The van der Waals surface area contributed by atoms with Crippen LogP contribution in [0.4, 0.5) is 0 Å². The quantitative estimate of drug-likeness (QED) is 0.213. The van der Waals surface area contributed by atoms with E-state index < -0.39 is 46.2 Å². The first kappa shape index (κ1) is 16.7. The second-order valence-corrected chi connectivity index (χ2v) is 3.29. The summed E-state index contributed by atoms with van der Waals surface area (Å²) in [6, 6.07) is 0. The van der Waals surface area contributed by atoms with Gasteiger partial charge in [0.1, 0.15) is 22.8 Å². The van der Waals surface area contributed by atoms with Crippen molar-refractivity contribution < 1.29 is 19.2 Å². The molecule has 0 unspecified atom stereocenters. The lowest BCUT2D eigenvalue weighted by Gasteiger charge is -1.98. The van der Waals surface area contributed by atoms with Gasteiger partial charge in [0.2, 0.25) is 11.6 Å². The van der Waals surface area contributed by atoms with Crippen LogP contribution in [-0.4, -0.2) is 46.2 Å². The van der Waals surface area contributed by atoms with Gasteiger partial charge in [0.25, 0.3) is 11.8 Å². The van der Waals surface area contributed by atoms with Crippen molar-refractivity contribution >= 4 is 46.2 Å². The number of rotatable bonds is 8. The molecule has 104 valence electrons. The summed E-state index contributed by atoms with van der Waals surface area (Å²) in [5.74, 6) is -4.90. The Balaban J connectivity index is 4.89. The van der Waals surface area contributed by atoms with E-state index in [4.69, 9.17) is 33.1 Å². The van der Waals surface area contributed by atoms with Gasteiger partial charge in [-0.3, -0.25) is 40.8 Å². The minimum atomic E-state index is -1.29. The van der Waals surface area contributed by atoms with Crippen LogP contribution in [-0.2, 0) is 19.2 Å². The summed E-state index contributed by atoms with van der Waals surface area (Å²) < 4.78 is 0. The van der Waals surface area contributed by atoms with Crippen molar-refractivity contribution in [1.82, 2.24) is 0 Å². The van der Waals surface area contributed by atoms with Crippen molar-refractivity contribution in [3.05, 3.63) is 12.2 Å². The lowest BCUT2D eigenvalue weighted by atomic mass is 10.1. The molecule has 20 heavy (non-hydrogen) atoms. The summed E-state index contributed by atoms with van der Waals surface area (Å²) in [7, 11) is 0. The first-order valence-corrected chi connectivity index (χ1v) is 4.80. The molecule has 0 heterocycles. The Kier molecular flexibility index (Phi) is 5.50. The lowest BCUT2D eigenvalue weighted by molar-refractivity contribution is -0.113. The van der Waals surface area contributed by atoms with Gasteiger partial charge in [-0.05, 0) is 12.2 Å². The maximum Gasteiger partial charge on any atom is 0.268 e. The largest absolute Gasteiger partial charge is 0.364 e. The smallest absolute Gasteiger partial charge is 0.268 e. The number of hydrogen-bond donors (Lipinski definition) is 6. The molecule has 2 amide bonds. The van der Waals surface area contributed by atoms with Crippen molar-refractivity contribution in [2.24, 2.45) is 11.5 Å². The third-order valence-corrected chi connectivity index (χ3v) is 1.87. The van der Waals surface area contributed by atoms with E-state index >= 15 is 0 Å². The Labute approximate surface area is 111 Å². The van der Waals surface area contributed by atoms with Gasteiger partial charge in [-0.15, -0.1) is 0 Å². The maximum absolute atomic E-state index is 11.3. The van der Waals surface area contributed by atoms with Crippen LogP contribution in [0.15, 0.2) is 12.2 Å². The van der Waals surface area contributed by atoms with Gasteiger partial charge in [0.05, 0.1) is 0 Å². The predicted octanol–water partition coefficient (Wildman–Crippen LogP) is -2.27. The van der Waals surface area contributed by atoms with Gasteiger partial charge >= 0.3 is 0 Å². The molecule has 0 atom stereocenters. The number of allylic oxidation sites excluding steroid dienone is 2. The second-order valence-electron chi connectivity index (χ2n) is 3.29. The van der Waals surface area contributed by atoms with Gasteiger partial charge < -0.3 is 11.5 Å². The van der Waals surface area contributed by atoms with Gasteiger partial charge in [-0.1, -0.05) is 0 Å². The molecule has 0 aliphatic rings. The first-order valence-electron chi connectivity index (χ1n) is 4.80. The molecule has 0 aromatic heterocycles. The number of nitrogens with two attached hydrogens (primary N) is 2. The number of amides is 2. The standard InChI is InChI=1S/C10H10N6O4/c11-5(7(13)9(15)19)3(17)1-2-4(18)6(12)8(14)10(16)20/h1-2,11-14H,(H2,15,19)(H2,16,20)/b2-1-,11-5?,12-6?,13-7?,14-8?. The predicted molar refractivity (Wildman–Crippen MR) is 68.4 cm³/mol. The second kappa shape index (κ2) is 6.58. The zero-order valence-electron chi connectivity index (χ0n) is 9.94. The van der Waals surface area contributed by atoms with Crippen LogP contribution >= 0.6 is 0 Å². The molecule has 0 rings (SSSR count). The number of primary amides is 2. The number of hydrogen-bond acceptors (Lipinski definition) is 8. The van der Waals surface area contributed by atoms with Crippen LogP contribution in [0, 0.1) is 21.6 Å². The Bertz CT molecular complexity index is 549. The van der Waals surface area contributed by atoms with E-state index in [0.717, 1.165) is 0 Å². The molecule has 8 N–H and O–H groups in total. The molecule has 0 aromatic rings. The van der Waals surface area contributed by atoms with Gasteiger partial charge in [0.15, 0.2) is 0 Å². The summed E-state index contributed by atoms with van der Waals surface area (Å²) in [4.78, 5) is 43.7. The minimum Gasteiger partial charge on any atom is -0.364 e. The molecular weight excluding hydrogens is 268 g/mol. The number of carbonyl (C=O) groups is 4. The van der Waals surface area contributed by atoms with Crippen molar-refractivity contribution in [1.29, 1.82) is 21.6 Å². The topological polar surface area (TPSA) is 216 Å². The van der Waals surface area contributed by atoms with Crippen molar-refractivity contribution in [3.63, 3.8) is 0 Å². The SMILES string of the molecule is N=C(C(=N)C(=O)/C=C\C(=O)C(=N)C(=N)C(N)=O)C(N)=O. The summed E-state index contributed by atoms with van der Waals surface area (Å²) in [5, 5.41) is 28.3. The third-order valence-electron chi connectivity index (χ3n) is 1.87. The summed E-state index contributed by atoms with van der Waals surface area (Å²) >= 11 is 0. The fraction of sp³-hybridized carbons (Fsp3) is 0. The molecule has 10 heteroatoms. The summed E-state index contributed by atoms with van der Waals surface area (Å²) in [5.41, 5.74) is 5.25. The molecule has 0 fully saturated rings. The van der Waals surface area contributed by atoms with E-state index in [1.165, 1.54) is 0 Å². The highest BCUT2D eigenvalue weighted by molar-refractivity contribution is 6.82. The van der Waals surface area contributed by atoms with Crippen LogP contribution < -0.4 is 11.5 Å². The van der Waals surface area contributed by atoms with E-state index in [1.807, 2.05) is 0 Å². The molecule has 0 aliphatic carbocycles. The molecule has 0 aliphatic heterocycles. The van der Waals surface area contributed by atoms with Gasteiger partial charge in [-0.25, -0.2) is 0 Å². The van der Waals surface area contributed by atoms with Crippen LogP contribution in [0.5, 0.6) is 0 Å². The molecule has 0 saturated heterocycles. The zero-order chi connectivity index (χ0) is 16.0. The summed E-state index contributed by atoms with van der Waals surface area (Å²) in [6.07, 6.45) is 1.04. The first-order chi connectivity index (χ1) is 9.09. The minimum absolute atomic E-state index is 0.519. The van der Waals surface area contributed by atoms with Crippen molar-refractivity contribution in [3.8, 4) is 0 Å². The van der Waals surface area contributed by atoms with E-state index in [2.05, 4.69) is 0 Å². The molecular formula is C10H10N6O4. The van der Waals surface area contributed by atoms with Gasteiger partial charge in [0, 0.05) is 0 Å². The Hall–Kier alpha value is -3.30. The number of carbonyl (C=O) groups excluding carboxylic acids is 4. The van der Waals surface area contributed by atoms with Crippen LogP contribution in [0.1, 0.15) is 0 Å². The fourth-order valence-electron chi connectivity index (χ4n) is 0.811. The molecule has 0 spiro atoms. The summed E-state index contributed by atoms with van der Waals surface area (Å²) in [6.45, 7) is 0. The molecule has 0 radical (unpaired) electrons. The van der Waals surface area contributed by atoms with Gasteiger partial charge in [-0.2, -0.15) is 0 Å². The third kappa shape index (κ3) is 4.18. The molecule has 0 bridgehead atoms. The van der Waals surface area contributed by atoms with Crippen LogP contribution in [0.3, 0.4) is 0 Å². The Morgan fingerprint density at radius 2 is 0.850 bits per heavy atom. The average molecular weight is 278 g/mol. The molecule has 0 aromatic carbocycles. The van der Waals surface area contributed by atoms with Crippen molar-refractivity contribution in [2.75, 3.05) is 0 Å². The Morgan fingerprint density at radius 3 is 1.05 bits per heavy atom. The van der Waals surface area contributed by atoms with E-state index in [9.17, 15) is 19.2 Å². The van der Waals surface area contributed by atoms with E-state index in [1.54, 1.807) is 0 Å². The number of nitrogens with one attached hydrogen (secondary N) is 4. The van der Waals surface area contributed by atoms with Crippen LogP contribution in [0.2, 0.25) is 0 Å². The Morgan fingerprint density at radius 1 is 0.600 bits per heavy atom. The lowest BCUT2D eigenvalue weighted by Crippen LogP contribution is -2.34. The normalized spacial score (nSPS) is 9.80. The number of ketones is 2. The zero-order valence-corrected chi connectivity index (χ0v) is 9.94. The molecule has 0 saturated carbocycles. The van der Waals surface area contributed by atoms with Crippen LogP contribution in [0.25, 0.3) is 0 Å². The highest BCUT2D eigenvalue weighted by Crippen LogP contribution is 1.89. The fourth-order valence-corrected chi connectivity index (χ4v) is 0.811. The monoisotopic (exact) mass is 278 g/mol. The van der Waals surface area contributed by atoms with Crippen molar-refractivity contribution in [2.45, 2.75) is 0 Å². The molecule has 10 nitrogen and oxygen atoms in total. The highest BCUT2D eigenvalue weighted by Gasteiger charge is 2.19. The van der Waals surface area contributed by atoms with E-state index in [-0.39, 0.29) is 0 Å². The highest BCUT2D eigenvalue weighted by atomic mass is 16.2. The van der Waals surface area contributed by atoms with E-state index in [0.29, 0.717) is 12.2 Å². The maximum atomic E-state index is 11.3. The average Bonchev–Trinajstić information content (AvgIpc) is 2.40.